The van der Waals surface area contributed by atoms with E-state index in [4.69, 9.17) is 9.40 Å². The zero-order valence-corrected chi connectivity index (χ0v) is 27.0. The molecule has 0 amide bonds. The van der Waals surface area contributed by atoms with E-state index in [0.29, 0.717) is 11.8 Å². The topological polar surface area (TPSA) is 31.0 Å². The van der Waals surface area contributed by atoms with Gasteiger partial charge in [0.2, 0.25) is 5.89 Å². The summed E-state index contributed by atoms with van der Waals surface area (Å²) in [4.78, 5) is 4.88. The Balaban J connectivity index is 1.12. The summed E-state index contributed by atoms with van der Waals surface area (Å²) in [5, 5.41) is 2.50. The third kappa shape index (κ3) is 4.70. The van der Waals surface area contributed by atoms with Crippen molar-refractivity contribution in [1.29, 1.82) is 0 Å². The second kappa shape index (κ2) is 11.4. The minimum absolute atomic E-state index is 0.480. The fourth-order valence-corrected chi connectivity index (χ4v) is 7.52. The fourth-order valence-electron chi connectivity index (χ4n) is 7.52. The maximum atomic E-state index is 6.26. The monoisotopic (exact) mass is 618 g/mol. The number of hydrogen-bond donors (Lipinski definition) is 0. The molecule has 0 N–H and O–H groups in total. The Morgan fingerprint density at radius 3 is 1.92 bits per heavy atom. The predicted molar refractivity (Wildman–Crippen MR) is 199 cm³/mol. The molecule has 2 aromatic heterocycles. The summed E-state index contributed by atoms with van der Waals surface area (Å²) in [7, 11) is 0. The molecule has 0 saturated heterocycles. The largest absolute Gasteiger partial charge is 0.436 e. The summed E-state index contributed by atoms with van der Waals surface area (Å²) in [5.74, 6) is 2.10. The van der Waals surface area contributed by atoms with Crippen LogP contribution >= 0.6 is 0 Å². The highest BCUT2D eigenvalue weighted by Crippen LogP contribution is 2.41. The third-order valence-electron chi connectivity index (χ3n) is 9.69. The quantitative estimate of drug-likeness (QED) is 0.192. The number of hydrogen-bond acceptors (Lipinski definition) is 2. The normalized spacial score (nSPS) is 14.3. The molecule has 8 aromatic rings. The standard InChI is InChI=1S/C45H34N2O/c1-29-26-30(2)44-41(27-29)46-45(48-44)32-22-20-31(21-23-32)35-14-6-8-16-37(35)38-17-9-7-15-36(38)33-24-25-43-40(28-33)39-18-10-11-19-42(39)47(43)34-12-4-3-5-13-34/h3-26,28-29H,27H2,1-2H3. The number of aromatic nitrogens is 2. The maximum absolute atomic E-state index is 6.26. The molecule has 1 aliphatic rings. The zero-order chi connectivity index (χ0) is 32.2. The van der Waals surface area contributed by atoms with Crippen LogP contribution in [0.3, 0.4) is 0 Å². The Morgan fingerprint density at radius 1 is 0.583 bits per heavy atom. The lowest BCUT2D eigenvalue weighted by Gasteiger charge is -2.15. The van der Waals surface area contributed by atoms with Crippen molar-refractivity contribution < 1.29 is 4.42 Å². The lowest BCUT2D eigenvalue weighted by Crippen LogP contribution is -2.04. The van der Waals surface area contributed by atoms with Crippen LogP contribution < -0.4 is 0 Å². The molecule has 0 radical (unpaired) electrons. The second-order valence-electron chi connectivity index (χ2n) is 12.9. The first-order valence-electron chi connectivity index (χ1n) is 16.7. The van der Waals surface area contributed by atoms with Crippen LogP contribution in [0.4, 0.5) is 0 Å². The average molecular weight is 619 g/mol. The lowest BCUT2D eigenvalue weighted by atomic mass is 9.89. The van der Waals surface area contributed by atoms with Crippen LogP contribution in [0.1, 0.15) is 25.3 Å². The molecule has 0 saturated carbocycles. The Morgan fingerprint density at radius 2 is 1.17 bits per heavy atom. The molecule has 0 spiro atoms. The van der Waals surface area contributed by atoms with Crippen molar-refractivity contribution in [2.24, 2.45) is 5.92 Å². The van der Waals surface area contributed by atoms with Gasteiger partial charge in [0.15, 0.2) is 5.76 Å². The zero-order valence-electron chi connectivity index (χ0n) is 27.0. The van der Waals surface area contributed by atoms with E-state index < -0.39 is 0 Å². The van der Waals surface area contributed by atoms with Crippen molar-refractivity contribution in [3.05, 3.63) is 163 Å². The van der Waals surface area contributed by atoms with Crippen LogP contribution in [-0.4, -0.2) is 9.55 Å². The van der Waals surface area contributed by atoms with Gasteiger partial charge in [-0.3, -0.25) is 0 Å². The van der Waals surface area contributed by atoms with Gasteiger partial charge in [-0.05, 0) is 101 Å². The fraction of sp³-hybridized carbons (Fsp3) is 0.0889. The minimum Gasteiger partial charge on any atom is -0.436 e. The SMILES string of the molecule is CC1=CC(C)Cc2nc(-c3ccc(-c4ccccc4-c4ccccc4-c4ccc5c(c4)c4ccccc4n5-c4ccccc4)cc3)oc21. The summed E-state index contributed by atoms with van der Waals surface area (Å²) in [6.45, 7) is 4.34. The lowest BCUT2D eigenvalue weighted by molar-refractivity contribution is 0.549. The number of rotatable bonds is 5. The molecule has 230 valence electrons. The van der Waals surface area contributed by atoms with Crippen molar-refractivity contribution in [2.45, 2.75) is 20.3 Å². The van der Waals surface area contributed by atoms with Gasteiger partial charge in [-0.2, -0.15) is 0 Å². The molecule has 9 rings (SSSR count). The summed E-state index contributed by atoms with van der Waals surface area (Å²) in [6.07, 6.45) is 3.19. The molecule has 3 nitrogen and oxygen atoms in total. The molecular formula is C45H34N2O. The van der Waals surface area contributed by atoms with Crippen molar-refractivity contribution in [3.8, 4) is 50.5 Å². The van der Waals surface area contributed by atoms with Gasteiger partial charge in [-0.25, -0.2) is 4.98 Å². The number of nitrogens with zero attached hydrogens (tertiary/aromatic N) is 2. The van der Waals surface area contributed by atoms with Crippen LogP contribution in [-0.2, 0) is 6.42 Å². The Bertz CT molecular complexity index is 2500. The maximum Gasteiger partial charge on any atom is 0.226 e. The number of fused-ring (bicyclic) bond motifs is 4. The Kier molecular flexibility index (Phi) is 6.72. The minimum atomic E-state index is 0.480. The average Bonchev–Trinajstić information content (AvgIpc) is 3.72. The van der Waals surface area contributed by atoms with E-state index in [1.807, 2.05) is 0 Å². The Labute approximate surface area is 280 Å². The first-order valence-corrected chi connectivity index (χ1v) is 16.7. The van der Waals surface area contributed by atoms with E-state index in [-0.39, 0.29) is 0 Å². The Hall–Kier alpha value is -5.93. The van der Waals surface area contributed by atoms with E-state index >= 15 is 0 Å². The van der Waals surface area contributed by atoms with E-state index in [2.05, 4.69) is 170 Å². The molecule has 1 unspecified atom stereocenters. The van der Waals surface area contributed by atoms with Gasteiger partial charge >= 0.3 is 0 Å². The van der Waals surface area contributed by atoms with Crippen molar-refractivity contribution >= 4 is 27.4 Å². The molecule has 3 heteroatoms. The van der Waals surface area contributed by atoms with Crippen LogP contribution in [0, 0.1) is 5.92 Å². The molecule has 2 heterocycles. The van der Waals surface area contributed by atoms with E-state index in [1.165, 1.54) is 60.9 Å². The van der Waals surface area contributed by atoms with Gasteiger partial charge in [0.05, 0.1) is 16.7 Å². The smallest absolute Gasteiger partial charge is 0.226 e. The highest BCUT2D eigenvalue weighted by Gasteiger charge is 2.22. The molecule has 6 aromatic carbocycles. The number of para-hydroxylation sites is 2. The highest BCUT2D eigenvalue weighted by atomic mass is 16.4. The second-order valence-corrected chi connectivity index (χ2v) is 12.9. The summed E-state index contributed by atoms with van der Waals surface area (Å²) in [6, 6.07) is 52.4. The van der Waals surface area contributed by atoms with Crippen LogP contribution in [0.2, 0.25) is 0 Å². The van der Waals surface area contributed by atoms with Gasteiger partial charge < -0.3 is 8.98 Å². The first kappa shape index (κ1) is 28.3. The summed E-state index contributed by atoms with van der Waals surface area (Å²) < 4.78 is 8.63. The number of allylic oxidation sites excluding steroid dienone is 2. The molecule has 48 heavy (non-hydrogen) atoms. The summed E-state index contributed by atoms with van der Waals surface area (Å²) in [5.41, 5.74) is 14.0. The van der Waals surface area contributed by atoms with Gasteiger partial charge in [0.25, 0.3) is 0 Å². The van der Waals surface area contributed by atoms with Gasteiger partial charge in [0, 0.05) is 22.0 Å². The van der Waals surface area contributed by atoms with Crippen molar-refractivity contribution in [1.82, 2.24) is 9.55 Å². The van der Waals surface area contributed by atoms with Gasteiger partial charge in [-0.1, -0.05) is 116 Å². The predicted octanol–water partition coefficient (Wildman–Crippen LogP) is 12.0. The van der Waals surface area contributed by atoms with E-state index in [1.54, 1.807) is 0 Å². The number of oxazole rings is 1. The molecule has 0 aliphatic heterocycles. The van der Waals surface area contributed by atoms with E-state index in [9.17, 15) is 0 Å². The molecule has 0 fully saturated rings. The van der Waals surface area contributed by atoms with Crippen molar-refractivity contribution in [2.75, 3.05) is 0 Å². The molecule has 1 aliphatic carbocycles. The van der Waals surface area contributed by atoms with Gasteiger partial charge in [0.1, 0.15) is 0 Å². The highest BCUT2D eigenvalue weighted by molar-refractivity contribution is 6.11. The van der Waals surface area contributed by atoms with E-state index in [0.717, 1.165) is 29.0 Å². The summed E-state index contributed by atoms with van der Waals surface area (Å²) >= 11 is 0. The molecule has 0 bridgehead atoms. The van der Waals surface area contributed by atoms with Gasteiger partial charge in [-0.15, -0.1) is 0 Å². The molecular weight excluding hydrogens is 585 g/mol. The molecule has 1 atom stereocenters. The van der Waals surface area contributed by atoms with Crippen LogP contribution in [0.5, 0.6) is 0 Å². The van der Waals surface area contributed by atoms with Crippen LogP contribution in [0.15, 0.2) is 156 Å². The van der Waals surface area contributed by atoms with Crippen LogP contribution in [0.25, 0.3) is 77.9 Å². The first-order chi connectivity index (χ1) is 23.6. The third-order valence-corrected chi connectivity index (χ3v) is 9.69. The van der Waals surface area contributed by atoms with Crippen molar-refractivity contribution in [3.63, 3.8) is 0 Å². The number of benzene rings is 6.